The van der Waals surface area contributed by atoms with Crippen molar-refractivity contribution < 1.29 is 9.53 Å². The summed E-state index contributed by atoms with van der Waals surface area (Å²) >= 11 is 4.32. The van der Waals surface area contributed by atoms with Gasteiger partial charge in [-0.2, -0.15) is 0 Å². The third-order valence-corrected chi connectivity index (χ3v) is 3.03. The maximum Gasteiger partial charge on any atom is 0.216 e. The fraction of sp³-hybridized carbons (Fsp3) is 0.417. The Morgan fingerprint density at radius 2 is 2.44 bits per heavy atom. The van der Waals surface area contributed by atoms with Gasteiger partial charge in [-0.05, 0) is 24.6 Å². The Hall–Kier alpha value is -1.16. The first-order valence-corrected chi connectivity index (χ1v) is 5.81. The van der Waals surface area contributed by atoms with Crippen molar-refractivity contribution in [2.24, 2.45) is 0 Å². The summed E-state index contributed by atoms with van der Waals surface area (Å²) in [6, 6.07) is 5.88. The maximum absolute atomic E-state index is 10.9. The van der Waals surface area contributed by atoms with Crippen LogP contribution in [0.5, 0.6) is 5.75 Å². The van der Waals surface area contributed by atoms with Crippen molar-refractivity contribution in [1.82, 2.24) is 5.32 Å². The molecule has 0 radical (unpaired) electrons. The fourth-order valence-corrected chi connectivity index (χ4v) is 2.15. The molecule has 4 heteroatoms. The molecule has 0 fully saturated rings. The van der Waals surface area contributed by atoms with Gasteiger partial charge in [0.1, 0.15) is 5.75 Å². The summed E-state index contributed by atoms with van der Waals surface area (Å²) in [5, 5.41) is 2.86. The smallest absolute Gasteiger partial charge is 0.216 e. The number of carbonyl (C=O) groups is 1. The van der Waals surface area contributed by atoms with E-state index < -0.39 is 0 Å². The van der Waals surface area contributed by atoms with Gasteiger partial charge in [-0.3, -0.25) is 4.79 Å². The van der Waals surface area contributed by atoms with Gasteiger partial charge in [0.25, 0.3) is 0 Å². The van der Waals surface area contributed by atoms with Crippen LogP contribution in [0.4, 0.5) is 0 Å². The zero-order valence-electron chi connectivity index (χ0n) is 9.19. The molecule has 1 N–H and O–H groups in total. The van der Waals surface area contributed by atoms with Crippen molar-refractivity contribution in [2.75, 3.05) is 13.2 Å². The molecule has 1 heterocycles. The summed E-state index contributed by atoms with van der Waals surface area (Å²) in [4.78, 5) is 11.8. The zero-order chi connectivity index (χ0) is 11.5. The van der Waals surface area contributed by atoms with Crippen LogP contribution in [0.2, 0.25) is 0 Å². The summed E-state index contributed by atoms with van der Waals surface area (Å²) in [6.07, 6.45) is 0.935. The predicted molar refractivity (Wildman–Crippen MR) is 65.2 cm³/mol. The van der Waals surface area contributed by atoms with Crippen molar-refractivity contribution >= 4 is 18.5 Å². The number of ether oxygens (including phenoxy) is 1. The minimum Gasteiger partial charge on any atom is -0.493 e. The molecule has 1 amide bonds. The molecular weight excluding hydrogens is 222 g/mol. The van der Waals surface area contributed by atoms with Crippen molar-refractivity contribution in [3.8, 4) is 5.75 Å². The van der Waals surface area contributed by atoms with Gasteiger partial charge in [-0.15, -0.1) is 12.6 Å². The summed E-state index contributed by atoms with van der Waals surface area (Å²) in [6.45, 7) is 2.92. The number of hydrogen-bond acceptors (Lipinski definition) is 3. The van der Waals surface area contributed by atoms with E-state index in [1.54, 1.807) is 0 Å². The molecule has 2 rings (SSSR count). The number of carbonyl (C=O) groups excluding carboxylic acids is 1. The van der Waals surface area contributed by atoms with Crippen LogP contribution in [0.15, 0.2) is 23.1 Å². The average Bonchev–Trinajstić information content (AvgIpc) is 2.26. The van der Waals surface area contributed by atoms with E-state index in [1.165, 1.54) is 6.92 Å². The van der Waals surface area contributed by atoms with Gasteiger partial charge in [-0.25, -0.2) is 0 Å². The number of benzene rings is 1. The molecule has 0 saturated heterocycles. The lowest BCUT2D eigenvalue weighted by Gasteiger charge is -2.26. The highest BCUT2D eigenvalue weighted by Gasteiger charge is 2.21. The number of thiol groups is 1. The quantitative estimate of drug-likeness (QED) is 0.772. The van der Waals surface area contributed by atoms with E-state index in [0.717, 1.165) is 22.6 Å². The molecule has 1 atom stereocenters. The lowest BCUT2D eigenvalue weighted by Crippen LogP contribution is -2.28. The highest BCUT2D eigenvalue weighted by molar-refractivity contribution is 7.80. The van der Waals surface area contributed by atoms with E-state index in [9.17, 15) is 4.79 Å². The van der Waals surface area contributed by atoms with Crippen LogP contribution in [0.25, 0.3) is 0 Å². The highest BCUT2D eigenvalue weighted by Crippen LogP contribution is 2.34. The van der Waals surface area contributed by atoms with E-state index in [-0.39, 0.29) is 5.91 Å². The molecule has 1 aromatic carbocycles. The molecule has 1 unspecified atom stereocenters. The molecule has 1 aliphatic rings. The number of rotatable bonds is 2. The van der Waals surface area contributed by atoms with Crippen LogP contribution in [0.3, 0.4) is 0 Å². The van der Waals surface area contributed by atoms with E-state index >= 15 is 0 Å². The van der Waals surface area contributed by atoms with Gasteiger partial charge in [0.05, 0.1) is 6.61 Å². The van der Waals surface area contributed by atoms with Crippen molar-refractivity contribution in [3.05, 3.63) is 23.8 Å². The molecule has 0 bridgehead atoms. The molecule has 1 aliphatic heterocycles. The number of amides is 1. The first-order chi connectivity index (χ1) is 7.66. The Labute approximate surface area is 101 Å². The molecule has 0 spiro atoms. The Morgan fingerprint density at radius 3 is 3.19 bits per heavy atom. The third kappa shape index (κ3) is 2.50. The van der Waals surface area contributed by atoms with Gasteiger partial charge in [0.15, 0.2) is 0 Å². The topological polar surface area (TPSA) is 38.3 Å². The summed E-state index contributed by atoms with van der Waals surface area (Å²) < 4.78 is 5.57. The van der Waals surface area contributed by atoms with E-state index in [0.29, 0.717) is 19.1 Å². The van der Waals surface area contributed by atoms with E-state index in [4.69, 9.17) is 4.74 Å². The average molecular weight is 237 g/mol. The minimum atomic E-state index is 0.00932. The highest BCUT2D eigenvalue weighted by atomic mass is 32.1. The Morgan fingerprint density at radius 1 is 1.62 bits per heavy atom. The first-order valence-electron chi connectivity index (χ1n) is 5.37. The number of fused-ring (bicyclic) bond motifs is 1. The minimum absolute atomic E-state index is 0.00932. The Balaban J connectivity index is 2.18. The van der Waals surface area contributed by atoms with Crippen LogP contribution in [0, 0.1) is 0 Å². The van der Waals surface area contributed by atoms with Gasteiger partial charge in [0.2, 0.25) is 5.91 Å². The second-order valence-electron chi connectivity index (χ2n) is 3.99. The Kier molecular flexibility index (Phi) is 3.39. The SMILES string of the molecule is CC(=O)NCC1CCOc2ccc(S)cc21. The molecule has 3 nitrogen and oxygen atoms in total. The molecule has 86 valence electrons. The van der Waals surface area contributed by atoms with Gasteiger partial charge >= 0.3 is 0 Å². The van der Waals surface area contributed by atoms with Crippen LogP contribution in [-0.2, 0) is 4.79 Å². The van der Waals surface area contributed by atoms with Crippen molar-refractivity contribution in [2.45, 2.75) is 24.2 Å². The van der Waals surface area contributed by atoms with E-state index in [2.05, 4.69) is 17.9 Å². The largest absolute Gasteiger partial charge is 0.493 e. The van der Waals surface area contributed by atoms with Crippen LogP contribution >= 0.6 is 12.6 Å². The lowest BCUT2D eigenvalue weighted by atomic mass is 9.93. The lowest BCUT2D eigenvalue weighted by molar-refractivity contribution is -0.119. The zero-order valence-corrected chi connectivity index (χ0v) is 10.1. The normalized spacial score (nSPS) is 18.5. The Bertz CT molecular complexity index is 406. The maximum atomic E-state index is 10.9. The van der Waals surface area contributed by atoms with Crippen LogP contribution in [-0.4, -0.2) is 19.1 Å². The van der Waals surface area contributed by atoms with Crippen LogP contribution in [0.1, 0.15) is 24.8 Å². The van der Waals surface area contributed by atoms with Gasteiger partial charge in [0, 0.05) is 29.8 Å². The summed E-state index contributed by atoms with van der Waals surface area (Å²) in [5.41, 5.74) is 1.15. The van der Waals surface area contributed by atoms with E-state index in [1.807, 2.05) is 18.2 Å². The fourth-order valence-electron chi connectivity index (χ4n) is 1.93. The number of nitrogens with one attached hydrogen (secondary N) is 1. The number of hydrogen-bond donors (Lipinski definition) is 2. The monoisotopic (exact) mass is 237 g/mol. The predicted octanol–water partition coefficient (Wildman–Crippen LogP) is 1.98. The van der Waals surface area contributed by atoms with Gasteiger partial charge < -0.3 is 10.1 Å². The molecule has 0 aromatic heterocycles. The summed E-state index contributed by atoms with van der Waals surface area (Å²) in [7, 11) is 0. The van der Waals surface area contributed by atoms with Crippen LogP contribution < -0.4 is 10.1 Å². The van der Waals surface area contributed by atoms with Crippen molar-refractivity contribution in [3.63, 3.8) is 0 Å². The second-order valence-corrected chi connectivity index (χ2v) is 4.51. The summed E-state index contributed by atoms with van der Waals surface area (Å²) in [5.74, 6) is 1.26. The molecule has 0 aliphatic carbocycles. The van der Waals surface area contributed by atoms with Crippen molar-refractivity contribution in [1.29, 1.82) is 0 Å². The molecule has 16 heavy (non-hydrogen) atoms. The standard InChI is InChI=1S/C12H15NO2S/c1-8(14)13-7-9-4-5-15-12-3-2-10(16)6-11(9)12/h2-3,6,9,16H,4-5,7H2,1H3,(H,13,14). The molecule has 1 aromatic rings. The third-order valence-electron chi connectivity index (χ3n) is 2.75. The van der Waals surface area contributed by atoms with Gasteiger partial charge in [-0.1, -0.05) is 0 Å². The molecular formula is C12H15NO2S. The molecule has 0 saturated carbocycles. The first kappa shape index (κ1) is 11.3. The second kappa shape index (κ2) is 4.78.